The number of hydrogen-bond donors (Lipinski definition) is 2. The van der Waals surface area contributed by atoms with Crippen molar-refractivity contribution in [2.24, 2.45) is 4.99 Å². The van der Waals surface area contributed by atoms with Gasteiger partial charge in [0.15, 0.2) is 5.96 Å². The fraction of sp³-hybridized carbons (Fsp3) is 0.720. The van der Waals surface area contributed by atoms with Gasteiger partial charge < -0.3 is 20.3 Å². The average Bonchev–Trinajstić information content (AvgIpc) is 2.74. The predicted molar refractivity (Wildman–Crippen MR) is 139 cm³/mol. The Morgan fingerprint density at radius 2 is 1.90 bits per heavy atom. The molecule has 2 saturated heterocycles. The number of piperidine rings is 2. The quantitative estimate of drug-likeness (QED) is 0.229. The molecule has 31 heavy (non-hydrogen) atoms. The molecule has 0 spiro atoms. The van der Waals surface area contributed by atoms with Crippen molar-refractivity contribution in [3.63, 3.8) is 0 Å². The summed E-state index contributed by atoms with van der Waals surface area (Å²) in [5.41, 5.74) is 2.86. The number of guanidine groups is 1. The lowest BCUT2D eigenvalue weighted by Gasteiger charge is -2.47. The second-order valence-electron chi connectivity index (χ2n) is 9.28. The topological polar surface area (TPSA) is 48.9 Å². The van der Waals surface area contributed by atoms with Gasteiger partial charge in [0.05, 0.1) is 6.10 Å². The Morgan fingerprint density at radius 1 is 1.13 bits per heavy atom. The SMILES string of the molecule is CCNC(=NCCCOC1CCCc2ccccc21)NC1CC2CCCC(C1)N2C.I. The zero-order valence-electron chi connectivity index (χ0n) is 19.3. The van der Waals surface area contributed by atoms with Crippen molar-refractivity contribution in [1.29, 1.82) is 0 Å². The summed E-state index contributed by atoms with van der Waals surface area (Å²) in [6.07, 6.45) is 11.4. The normalized spacial score (nSPS) is 28.4. The highest BCUT2D eigenvalue weighted by atomic mass is 127. The summed E-state index contributed by atoms with van der Waals surface area (Å²) in [4.78, 5) is 7.47. The van der Waals surface area contributed by atoms with Crippen molar-refractivity contribution in [2.75, 3.05) is 26.7 Å². The van der Waals surface area contributed by atoms with Crippen LogP contribution in [0.2, 0.25) is 0 Å². The molecule has 2 fully saturated rings. The highest BCUT2D eigenvalue weighted by Crippen LogP contribution is 2.33. The zero-order valence-corrected chi connectivity index (χ0v) is 21.6. The van der Waals surface area contributed by atoms with E-state index in [1.165, 1.54) is 56.1 Å². The van der Waals surface area contributed by atoms with E-state index in [0.29, 0.717) is 6.04 Å². The monoisotopic (exact) mass is 540 g/mol. The number of hydrogen-bond acceptors (Lipinski definition) is 3. The van der Waals surface area contributed by atoms with Crippen molar-refractivity contribution in [3.05, 3.63) is 35.4 Å². The standard InChI is InChI=1S/C25H40N4O.HI/c1-3-26-25(28-20-17-21-11-7-12-22(18-20)29(21)2)27-15-8-16-30-24-14-6-10-19-9-4-5-13-23(19)24;/h4-5,9,13,20-22,24H,3,6-8,10-12,14-18H2,1-2H3,(H2,26,27,28);1H. The van der Waals surface area contributed by atoms with Crippen LogP contribution in [0.25, 0.3) is 0 Å². The lowest BCUT2D eigenvalue weighted by Crippen LogP contribution is -2.56. The Balaban J connectivity index is 0.00000272. The summed E-state index contributed by atoms with van der Waals surface area (Å²) in [7, 11) is 2.31. The molecule has 1 aliphatic carbocycles. The largest absolute Gasteiger partial charge is 0.373 e. The number of ether oxygens (including phenoxy) is 1. The van der Waals surface area contributed by atoms with Crippen molar-refractivity contribution in [1.82, 2.24) is 15.5 Å². The van der Waals surface area contributed by atoms with Crippen LogP contribution in [0.5, 0.6) is 0 Å². The number of rotatable bonds is 7. The lowest BCUT2D eigenvalue weighted by molar-refractivity contribution is 0.0402. The third-order valence-electron chi connectivity index (χ3n) is 7.23. The third kappa shape index (κ3) is 6.57. The number of nitrogens with zero attached hydrogens (tertiary/aromatic N) is 2. The number of nitrogens with one attached hydrogen (secondary N) is 2. The maximum absolute atomic E-state index is 6.25. The lowest BCUT2D eigenvalue weighted by atomic mass is 9.82. The summed E-state index contributed by atoms with van der Waals surface area (Å²) < 4.78 is 6.25. The summed E-state index contributed by atoms with van der Waals surface area (Å²) in [6, 6.07) is 10.8. The first-order valence-corrected chi connectivity index (χ1v) is 12.2. The van der Waals surface area contributed by atoms with E-state index in [-0.39, 0.29) is 30.1 Å². The van der Waals surface area contributed by atoms with E-state index in [1.807, 2.05) is 0 Å². The van der Waals surface area contributed by atoms with Crippen LogP contribution in [0.3, 0.4) is 0 Å². The van der Waals surface area contributed by atoms with Gasteiger partial charge in [-0.3, -0.25) is 4.99 Å². The maximum Gasteiger partial charge on any atom is 0.191 e. The summed E-state index contributed by atoms with van der Waals surface area (Å²) >= 11 is 0. The van der Waals surface area contributed by atoms with Gasteiger partial charge in [-0.25, -0.2) is 0 Å². The number of fused-ring (bicyclic) bond motifs is 3. The van der Waals surface area contributed by atoms with Gasteiger partial charge in [-0.2, -0.15) is 0 Å². The summed E-state index contributed by atoms with van der Waals surface area (Å²) in [5, 5.41) is 7.18. The number of aliphatic imine (C=N–C) groups is 1. The van der Waals surface area contributed by atoms with Gasteiger partial charge in [0.2, 0.25) is 0 Å². The maximum atomic E-state index is 6.25. The molecule has 0 aromatic heterocycles. The molecule has 3 aliphatic rings. The van der Waals surface area contributed by atoms with E-state index in [0.717, 1.165) is 50.6 Å². The minimum atomic E-state index is 0. The Labute approximate surface area is 205 Å². The molecule has 1 aromatic rings. The first kappa shape index (κ1) is 24.8. The van der Waals surface area contributed by atoms with Gasteiger partial charge in [-0.1, -0.05) is 30.7 Å². The molecule has 0 amide bonds. The molecular formula is C25H41IN4O. The highest BCUT2D eigenvalue weighted by molar-refractivity contribution is 14.0. The van der Waals surface area contributed by atoms with Gasteiger partial charge in [-0.15, -0.1) is 24.0 Å². The second kappa shape index (κ2) is 12.4. The molecule has 5 nitrogen and oxygen atoms in total. The van der Waals surface area contributed by atoms with Crippen LogP contribution in [0.4, 0.5) is 0 Å². The van der Waals surface area contributed by atoms with Crippen molar-refractivity contribution < 1.29 is 4.74 Å². The Hall–Kier alpha value is -0.860. The first-order valence-electron chi connectivity index (χ1n) is 12.2. The molecule has 0 radical (unpaired) electrons. The van der Waals surface area contributed by atoms with E-state index in [1.54, 1.807) is 0 Å². The average molecular weight is 541 g/mol. The fourth-order valence-corrected chi connectivity index (χ4v) is 5.61. The predicted octanol–water partition coefficient (Wildman–Crippen LogP) is 4.66. The van der Waals surface area contributed by atoms with Crippen molar-refractivity contribution in [2.45, 2.75) is 88.9 Å². The summed E-state index contributed by atoms with van der Waals surface area (Å²) in [5.74, 6) is 0.980. The van der Waals surface area contributed by atoms with Gasteiger partial charge in [0, 0.05) is 37.8 Å². The van der Waals surface area contributed by atoms with E-state index in [2.05, 4.69) is 53.8 Å². The zero-order chi connectivity index (χ0) is 20.8. The van der Waals surface area contributed by atoms with Gasteiger partial charge >= 0.3 is 0 Å². The number of aryl methyl sites for hydroxylation is 1. The van der Waals surface area contributed by atoms with Gasteiger partial charge in [0.25, 0.3) is 0 Å². The molecular weight excluding hydrogens is 499 g/mol. The molecule has 1 aromatic carbocycles. The molecule has 2 bridgehead atoms. The molecule has 2 heterocycles. The second-order valence-corrected chi connectivity index (χ2v) is 9.28. The first-order chi connectivity index (χ1) is 14.7. The smallest absolute Gasteiger partial charge is 0.191 e. The van der Waals surface area contributed by atoms with Crippen LogP contribution in [-0.4, -0.2) is 55.7 Å². The van der Waals surface area contributed by atoms with E-state index >= 15 is 0 Å². The third-order valence-corrected chi connectivity index (χ3v) is 7.23. The molecule has 6 heteroatoms. The van der Waals surface area contributed by atoms with E-state index in [4.69, 9.17) is 9.73 Å². The van der Waals surface area contributed by atoms with Crippen LogP contribution in [-0.2, 0) is 11.2 Å². The van der Waals surface area contributed by atoms with Crippen LogP contribution in [0.1, 0.15) is 75.5 Å². The number of halogens is 1. The molecule has 2 aliphatic heterocycles. The van der Waals surface area contributed by atoms with Gasteiger partial charge in [-0.05, 0) is 76.5 Å². The molecule has 4 rings (SSSR count). The Kier molecular flexibility index (Phi) is 9.91. The van der Waals surface area contributed by atoms with Crippen LogP contribution < -0.4 is 10.6 Å². The van der Waals surface area contributed by atoms with Crippen LogP contribution in [0, 0.1) is 0 Å². The molecule has 174 valence electrons. The van der Waals surface area contributed by atoms with Crippen LogP contribution >= 0.6 is 24.0 Å². The summed E-state index contributed by atoms with van der Waals surface area (Å²) in [6.45, 7) is 4.63. The minimum Gasteiger partial charge on any atom is -0.373 e. The Bertz CT molecular complexity index is 699. The number of benzene rings is 1. The van der Waals surface area contributed by atoms with Crippen molar-refractivity contribution in [3.8, 4) is 0 Å². The van der Waals surface area contributed by atoms with Crippen molar-refractivity contribution >= 4 is 29.9 Å². The van der Waals surface area contributed by atoms with Gasteiger partial charge in [0.1, 0.15) is 0 Å². The molecule has 2 N–H and O–H groups in total. The van der Waals surface area contributed by atoms with E-state index in [9.17, 15) is 0 Å². The van der Waals surface area contributed by atoms with Crippen LogP contribution in [0.15, 0.2) is 29.3 Å². The van der Waals surface area contributed by atoms with E-state index < -0.39 is 0 Å². The molecule has 0 saturated carbocycles. The minimum absolute atomic E-state index is 0. The molecule has 3 atom stereocenters. The Morgan fingerprint density at radius 3 is 2.68 bits per heavy atom. The molecule has 3 unspecified atom stereocenters. The highest BCUT2D eigenvalue weighted by Gasteiger charge is 2.36. The fourth-order valence-electron chi connectivity index (χ4n) is 5.61.